The highest BCUT2D eigenvalue weighted by atomic mass is 79.9. The number of benzene rings is 1. The van der Waals surface area contributed by atoms with Crippen LogP contribution >= 0.6 is 27.7 Å². The van der Waals surface area contributed by atoms with Gasteiger partial charge in [0.05, 0.1) is 36.1 Å². The Morgan fingerprint density at radius 1 is 1.38 bits per heavy atom. The summed E-state index contributed by atoms with van der Waals surface area (Å²) in [5.74, 6) is -3.61. The fraction of sp³-hybridized carbons (Fsp3) is 0.368. The number of thioether (sulfide) groups is 1. The summed E-state index contributed by atoms with van der Waals surface area (Å²) >= 11 is 4.40. The van der Waals surface area contributed by atoms with Gasteiger partial charge in [-0.25, -0.2) is 0 Å². The predicted octanol–water partition coefficient (Wildman–Crippen LogP) is 1.68. The van der Waals surface area contributed by atoms with Crippen molar-refractivity contribution < 1.29 is 23.9 Å². The molecule has 10 heteroatoms. The first kappa shape index (κ1) is 22.9. The van der Waals surface area contributed by atoms with Gasteiger partial charge in [-0.05, 0) is 17.7 Å². The Labute approximate surface area is 181 Å². The summed E-state index contributed by atoms with van der Waals surface area (Å²) in [5.41, 5.74) is 0.816. The molecule has 0 aromatic heterocycles. The lowest BCUT2D eigenvalue weighted by molar-refractivity contribution is -0.150. The van der Waals surface area contributed by atoms with E-state index >= 15 is 0 Å². The SMILES string of the molecule is COCCNC(=O)CSC1=C(C#N)[C@@H](c2cccc(Br)c2)[C@H](C(=O)OC)C(=O)N1. The van der Waals surface area contributed by atoms with Crippen LogP contribution in [0.25, 0.3) is 0 Å². The molecule has 0 saturated carbocycles. The summed E-state index contributed by atoms with van der Waals surface area (Å²) in [6.45, 7) is 0.739. The number of nitrogens with zero attached hydrogens (tertiary/aromatic N) is 1. The number of hydrogen-bond donors (Lipinski definition) is 2. The maximum Gasteiger partial charge on any atom is 0.319 e. The van der Waals surface area contributed by atoms with E-state index in [1.165, 1.54) is 14.2 Å². The molecule has 2 rings (SSSR count). The monoisotopic (exact) mass is 481 g/mol. The lowest BCUT2D eigenvalue weighted by atomic mass is 9.78. The van der Waals surface area contributed by atoms with Gasteiger partial charge in [0.25, 0.3) is 0 Å². The molecular weight excluding hydrogens is 462 g/mol. The Bertz CT molecular complexity index is 868. The molecule has 1 aliphatic rings. The normalized spacial score (nSPS) is 18.6. The molecule has 2 atom stereocenters. The Morgan fingerprint density at radius 2 is 2.14 bits per heavy atom. The topological polar surface area (TPSA) is 118 Å². The van der Waals surface area contributed by atoms with Crippen LogP contribution in [-0.4, -0.2) is 50.9 Å². The van der Waals surface area contributed by atoms with Crippen LogP contribution in [0.1, 0.15) is 11.5 Å². The summed E-state index contributed by atoms with van der Waals surface area (Å²) in [7, 11) is 2.72. The number of hydrogen-bond acceptors (Lipinski definition) is 7. The van der Waals surface area contributed by atoms with E-state index in [-0.39, 0.29) is 22.3 Å². The molecular formula is C19H20BrN3O5S. The molecule has 0 radical (unpaired) electrons. The van der Waals surface area contributed by atoms with Crippen LogP contribution in [0.15, 0.2) is 39.3 Å². The maximum atomic E-state index is 12.7. The van der Waals surface area contributed by atoms with Crippen molar-refractivity contribution in [2.24, 2.45) is 5.92 Å². The van der Waals surface area contributed by atoms with Crippen molar-refractivity contribution in [3.05, 3.63) is 44.9 Å². The largest absolute Gasteiger partial charge is 0.468 e. The van der Waals surface area contributed by atoms with E-state index in [1.54, 1.807) is 24.3 Å². The van der Waals surface area contributed by atoms with Crippen molar-refractivity contribution in [1.82, 2.24) is 10.6 Å². The standard InChI is InChI=1S/C19H20BrN3O5S/c1-27-7-6-22-14(24)10-29-18-13(9-21)15(11-4-3-5-12(20)8-11)16(17(25)23-18)19(26)28-2/h3-5,8,15-16H,6-7,10H2,1-2H3,(H,22,24)(H,23,25)/t15-,16+/m1/s1. The van der Waals surface area contributed by atoms with Gasteiger partial charge in [-0.15, -0.1) is 0 Å². The van der Waals surface area contributed by atoms with Gasteiger partial charge in [0.2, 0.25) is 11.8 Å². The zero-order chi connectivity index (χ0) is 21.4. The third kappa shape index (κ3) is 5.82. The molecule has 0 bridgehead atoms. The quantitative estimate of drug-likeness (QED) is 0.329. The highest BCUT2D eigenvalue weighted by Crippen LogP contribution is 2.40. The highest BCUT2D eigenvalue weighted by Gasteiger charge is 2.44. The Hall–Kier alpha value is -2.35. The molecule has 1 aromatic rings. The first-order valence-corrected chi connectivity index (χ1v) is 10.4. The average molecular weight is 482 g/mol. The van der Waals surface area contributed by atoms with Crippen molar-refractivity contribution in [3.8, 4) is 6.07 Å². The van der Waals surface area contributed by atoms with Crippen LogP contribution in [0.3, 0.4) is 0 Å². The third-order valence-electron chi connectivity index (χ3n) is 4.17. The minimum Gasteiger partial charge on any atom is -0.468 e. The van der Waals surface area contributed by atoms with Crippen LogP contribution in [-0.2, 0) is 23.9 Å². The van der Waals surface area contributed by atoms with Crippen LogP contribution in [0.2, 0.25) is 0 Å². The fourth-order valence-electron chi connectivity index (χ4n) is 2.86. The number of methoxy groups -OCH3 is 2. The number of halogens is 1. The molecule has 0 spiro atoms. The van der Waals surface area contributed by atoms with Gasteiger partial charge < -0.3 is 20.1 Å². The molecule has 2 N–H and O–H groups in total. The van der Waals surface area contributed by atoms with Gasteiger partial charge in [0.15, 0.2) is 0 Å². The lowest BCUT2D eigenvalue weighted by Crippen LogP contribution is -2.44. The van der Waals surface area contributed by atoms with E-state index in [0.717, 1.165) is 16.2 Å². The minimum atomic E-state index is -1.20. The molecule has 1 heterocycles. The summed E-state index contributed by atoms with van der Waals surface area (Å²) in [6, 6.07) is 9.14. The summed E-state index contributed by atoms with van der Waals surface area (Å²) < 4.78 is 10.4. The number of amides is 2. The molecule has 0 saturated heterocycles. The van der Waals surface area contributed by atoms with Crippen LogP contribution in [0.4, 0.5) is 0 Å². The van der Waals surface area contributed by atoms with Crippen molar-refractivity contribution in [3.63, 3.8) is 0 Å². The molecule has 8 nitrogen and oxygen atoms in total. The number of nitrogens with one attached hydrogen (secondary N) is 2. The van der Waals surface area contributed by atoms with Crippen molar-refractivity contribution >= 4 is 45.5 Å². The van der Waals surface area contributed by atoms with Crippen molar-refractivity contribution in [1.29, 1.82) is 5.26 Å². The summed E-state index contributed by atoms with van der Waals surface area (Å²) in [6.07, 6.45) is 0. The molecule has 1 aromatic carbocycles. The number of rotatable bonds is 8. The van der Waals surface area contributed by atoms with E-state index < -0.39 is 23.7 Å². The van der Waals surface area contributed by atoms with Crippen LogP contribution < -0.4 is 10.6 Å². The van der Waals surface area contributed by atoms with Gasteiger partial charge in [0, 0.05) is 24.0 Å². The van der Waals surface area contributed by atoms with Gasteiger partial charge in [0.1, 0.15) is 5.92 Å². The van der Waals surface area contributed by atoms with E-state index in [9.17, 15) is 19.6 Å². The van der Waals surface area contributed by atoms with Gasteiger partial charge in [-0.2, -0.15) is 5.26 Å². The van der Waals surface area contributed by atoms with Crippen molar-refractivity contribution in [2.75, 3.05) is 33.1 Å². The first-order valence-electron chi connectivity index (χ1n) is 8.59. The molecule has 0 fully saturated rings. The molecule has 0 unspecified atom stereocenters. The fourth-order valence-corrected chi connectivity index (χ4v) is 4.16. The zero-order valence-electron chi connectivity index (χ0n) is 15.9. The van der Waals surface area contributed by atoms with Crippen LogP contribution in [0, 0.1) is 17.2 Å². The van der Waals surface area contributed by atoms with E-state index in [2.05, 4.69) is 32.6 Å². The molecule has 154 valence electrons. The van der Waals surface area contributed by atoms with Crippen molar-refractivity contribution in [2.45, 2.75) is 5.92 Å². The Kier molecular flexibility index (Phi) is 8.70. The number of allylic oxidation sites excluding steroid dienone is 1. The van der Waals surface area contributed by atoms with E-state index in [1.807, 2.05) is 0 Å². The van der Waals surface area contributed by atoms with E-state index in [0.29, 0.717) is 18.7 Å². The molecule has 2 amide bonds. The molecule has 1 aliphatic heterocycles. The van der Waals surface area contributed by atoms with Gasteiger partial charge in [-0.3, -0.25) is 14.4 Å². The minimum absolute atomic E-state index is 0.00139. The smallest absolute Gasteiger partial charge is 0.319 e. The van der Waals surface area contributed by atoms with Gasteiger partial charge in [-0.1, -0.05) is 39.8 Å². The second-order valence-corrected chi connectivity index (χ2v) is 7.91. The third-order valence-corrected chi connectivity index (χ3v) is 5.68. The second-order valence-electron chi connectivity index (χ2n) is 6.01. The predicted molar refractivity (Wildman–Crippen MR) is 111 cm³/mol. The Morgan fingerprint density at radius 3 is 2.76 bits per heavy atom. The zero-order valence-corrected chi connectivity index (χ0v) is 18.3. The highest BCUT2D eigenvalue weighted by molar-refractivity contribution is 9.10. The summed E-state index contributed by atoms with van der Waals surface area (Å²) in [4.78, 5) is 37.0. The number of carbonyl (C=O) groups excluding carboxylic acids is 3. The number of esters is 1. The van der Waals surface area contributed by atoms with Gasteiger partial charge >= 0.3 is 5.97 Å². The molecule has 29 heavy (non-hydrogen) atoms. The Balaban J connectivity index is 2.37. The average Bonchev–Trinajstić information content (AvgIpc) is 2.71. The first-order chi connectivity index (χ1) is 13.9. The number of carbonyl (C=O) groups is 3. The summed E-state index contributed by atoms with van der Waals surface area (Å²) in [5, 5.41) is 15.3. The number of ether oxygens (including phenoxy) is 2. The van der Waals surface area contributed by atoms with Crippen LogP contribution in [0.5, 0.6) is 0 Å². The lowest BCUT2D eigenvalue weighted by Gasteiger charge is -2.31. The van der Waals surface area contributed by atoms with E-state index in [4.69, 9.17) is 9.47 Å². The molecule has 0 aliphatic carbocycles. The maximum absolute atomic E-state index is 12.7. The number of nitriles is 1. The second kappa shape index (κ2) is 11.0.